The number of aromatic nitrogens is 4. The van der Waals surface area contributed by atoms with E-state index in [1.54, 1.807) is 12.4 Å². The predicted molar refractivity (Wildman–Crippen MR) is 161 cm³/mol. The number of hydrogen-bond acceptors (Lipinski definition) is 6. The highest BCUT2D eigenvalue weighted by Crippen LogP contribution is 2.38. The molecule has 0 fully saturated rings. The molecule has 228 valence electrons. The Morgan fingerprint density at radius 2 is 1.72 bits per heavy atom. The fourth-order valence-electron chi connectivity index (χ4n) is 4.29. The van der Waals surface area contributed by atoms with Crippen LogP contribution in [0.4, 0.5) is 18.9 Å². The molecule has 3 aromatic heterocycles. The van der Waals surface area contributed by atoms with Crippen LogP contribution in [0.5, 0.6) is 0 Å². The van der Waals surface area contributed by atoms with Gasteiger partial charge in [0.2, 0.25) is 5.91 Å². The second-order valence-electron chi connectivity index (χ2n) is 12.7. The standard InChI is InChI=1S/C31H36F3N5O3Si/c1-29(2,3)43(6,7)42-18-30(4,5)39-17-25(24-16-36-19-37-28(24)39)27(41)21-13-23(15-35-14-21)38-26(40)12-20-9-8-10-22(11-20)31(32,33)34/h8-11,13-17,19H,12,18H2,1-7H3,(H,38,40). The molecule has 0 spiro atoms. The minimum absolute atomic E-state index is 0.0334. The molecule has 3 heterocycles. The summed E-state index contributed by atoms with van der Waals surface area (Å²) in [4.78, 5) is 39.1. The maximum Gasteiger partial charge on any atom is 0.416 e. The molecule has 0 aliphatic heterocycles. The van der Waals surface area contributed by atoms with Crippen molar-refractivity contribution in [3.05, 3.63) is 83.7 Å². The summed E-state index contributed by atoms with van der Waals surface area (Å²) in [6.07, 6.45) is 2.74. The van der Waals surface area contributed by atoms with Crippen molar-refractivity contribution in [3.63, 3.8) is 0 Å². The molecule has 0 bridgehead atoms. The quantitative estimate of drug-likeness (QED) is 0.161. The smallest absolute Gasteiger partial charge is 0.414 e. The lowest BCUT2D eigenvalue weighted by Gasteiger charge is -2.39. The summed E-state index contributed by atoms with van der Waals surface area (Å²) in [6.45, 7) is 15.4. The van der Waals surface area contributed by atoms with Crippen LogP contribution in [0.1, 0.15) is 61.7 Å². The third-order valence-corrected chi connectivity index (χ3v) is 12.3. The zero-order chi connectivity index (χ0) is 31.8. The Kier molecular flexibility index (Phi) is 8.67. The van der Waals surface area contributed by atoms with Crippen LogP contribution in [0.2, 0.25) is 18.1 Å². The number of halogens is 3. The van der Waals surface area contributed by atoms with Gasteiger partial charge in [-0.3, -0.25) is 14.6 Å². The van der Waals surface area contributed by atoms with Crippen LogP contribution in [0.3, 0.4) is 0 Å². The molecule has 0 saturated heterocycles. The average Bonchev–Trinajstić information content (AvgIpc) is 3.31. The summed E-state index contributed by atoms with van der Waals surface area (Å²) < 4.78 is 47.6. The Balaban J connectivity index is 1.57. The van der Waals surface area contributed by atoms with E-state index in [0.717, 1.165) is 12.1 Å². The van der Waals surface area contributed by atoms with Gasteiger partial charge in [0.15, 0.2) is 14.1 Å². The van der Waals surface area contributed by atoms with Crippen LogP contribution in [0.25, 0.3) is 11.0 Å². The Labute approximate surface area is 249 Å². The van der Waals surface area contributed by atoms with Crippen molar-refractivity contribution < 1.29 is 27.2 Å². The largest absolute Gasteiger partial charge is 0.416 e. The average molecular weight is 612 g/mol. The van der Waals surface area contributed by atoms with E-state index in [4.69, 9.17) is 4.43 Å². The van der Waals surface area contributed by atoms with E-state index in [0.29, 0.717) is 23.2 Å². The molecule has 0 aliphatic carbocycles. The number of amides is 1. The van der Waals surface area contributed by atoms with Crippen LogP contribution in [-0.2, 0) is 27.4 Å². The van der Waals surface area contributed by atoms with Crippen molar-refractivity contribution in [2.45, 2.75) is 70.9 Å². The highest BCUT2D eigenvalue weighted by molar-refractivity contribution is 6.74. The molecule has 1 aromatic carbocycles. The molecule has 8 nitrogen and oxygen atoms in total. The first-order chi connectivity index (χ1) is 19.9. The van der Waals surface area contributed by atoms with Gasteiger partial charge in [-0.05, 0) is 49.7 Å². The number of hydrogen-bond donors (Lipinski definition) is 1. The van der Waals surface area contributed by atoms with E-state index in [9.17, 15) is 22.8 Å². The normalized spacial score (nSPS) is 12.9. The van der Waals surface area contributed by atoms with Gasteiger partial charge >= 0.3 is 6.18 Å². The highest BCUT2D eigenvalue weighted by atomic mass is 28.4. The molecular formula is C31H36F3N5O3Si. The number of rotatable bonds is 9. The lowest BCUT2D eigenvalue weighted by atomic mass is 10.1. The van der Waals surface area contributed by atoms with Crippen molar-refractivity contribution in [1.82, 2.24) is 19.5 Å². The van der Waals surface area contributed by atoms with E-state index < -0.39 is 31.5 Å². The van der Waals surface area contributed by atoms with Gasteiger partial charge in [-0.2, -0.15) is 13.2 Å². The topological polar surface area (TPSA) is 99.0 Å². The molecule has 12 heteroatoms. The highest BCUT2D eigenvalue weighted by Gasteiger charge is 2.39. The summed E-state index contributed by atoms with van der Waals surface area (Å²) in [5, 5.41) is 3.22. The maximum atomic E-state index is 13.8. The molecule has 4 aromatic rings. The zero-order valence-electron chi connectivity index (χ0n) is 25.3. The molecule has 1 amide bonds. The van der Waals surface area contributed by atoms with Crippen LogP contribution in [0.15, 0.2) is 61.4 Å². The van der Waals surface area contributed by atoms with E-state index >= 15 is 0 Å². The van der Waals surface area contributed by atoms with E-state index in [2.05, 4.69) is 54.1 Å². The third kappa shape index (κ3) is 7.19. The van der Waals surface area contributed by atoms with Gasteiger partial charge in [0.25, 0.3) is 0 Å². The minimum Gasteiger partial charge on any atom is -0.414 e. The fraction of sp³-hybridized carbons (Fsp3) is 0.387. The van der Waals surface area contributed by atoms with Crippen LogP contribution in [-0.4, -0.2) is 46.1 Å². The van der Waals surface area contributed by atoms with Gasteiger partial charge in [0, 0.05) is 29.5 Å². The predicted octanol–water partition coefficient (Wildman–Crippen LogP) is 7.01. The number of pyridine rings is 1. The molecule has 1 N–H and O–H groups in total. The molecule has 0 saturated carbocycles. The number of nitrogens with zero attached hydrogens (tertiary/aromatic N) is 4. The summed E-state index contributed by atoms with van der Waals surface area (Å²) in [6, 6.07) is 6.08. The van der Waals surface area contributed by atoms with Crippen molar-refractivity contribution in [3.8, 4) is 0 Å². The second-order valence-corrected chi connectivity index (χ2v) is 17.6. The first-order valence-electron chi connectivity index (χ1n) is 13.8. The molecule has 43 heavy (non-hydrogen) atoms. The lowest BCUT2D eigenvalue weighted by molar-refractivity contribution is -0.137. The van der Waals surface area contributed by atoms with E-state index in [1.165, 1.54) is 36.9 Å². The number of nitrogens with one attached hydrogen (secondary N) is 1. The SMILES string of the molecule is CC(C)(CO[Si](C)(C)C(C)(C)C)n1cc(C(=O)c2cncc(NC(=O)Cc3cccc(C(F)(F)F)c3)c2)c2cncnc21. The van der Waals surface area contributed by atoms with E-state index in [-0.39, 0.29) is 34.1 Å². The Morgan fingerprint density at radius 3 is 2.40 bits per heavy atom. The third-order valence-electron chi connectivity index (χ3n) is 7.86. The summed E-state index contributed by atoms with van der Waals surface area (Å²) in [5.74, 6) is -0.889. The van der Waals surface area contributed by atoms with Crippen LogP contribution in [0, 0.1) is 0 Å². The van der Waals surface area contributed by atoms with Gasteiger partial charge in [0.05, 0.1) is 41.6 Å². The zero-order valence-corrected chi connectivity index (χ0v) is 26.3. The first kappa shape index (κ1) is 32.0. The summed E-state index contributed by atoms with van der Waals surface area (Å²) in [7, 11) is -2.04. The Morgan fingerprint density at radius 1 is 1.00 bits per heavy atom. The summed E-state index contributed by atoms with van der Waals surface area (Å²) >= 11 is 0. The molecule has 0 aliphatic rings. The number of anilines is 1. The van der Waals surface area contributed by atoms with Gasteiger partial charge in [-0.15, -0.1) is 0 Å². The molecule has 0 unspecified atom stereocenters. The van der Waals surface area contributed by atoms with Gasteiger partial charge in [-0.1, -0.05) is 39.0 Å². The van der Waals surface area contributed by atoms with Gasteiger partial charge in [-0.25, -0.2) is 9.97 Å². The Bertz CT molecular complexity index is 1660. The monoisotopic (exact) mass is 611 g/mol. The fourth-order valence-corrected chi connectivity index (χ4v) is 5.43. The number of alkyl halides is 3. The van der Waals surface area contributed by atoms with E-state index in [1.807, 2.05) is 18.4 Å². The van der Waals surface area contributed by atoms with Crippen LogP contribution < -0.4 is 5.32 Å². The van der Waals surface area contributed by atoms with Crippen molar-refractivity contribution in [2.75, 3.05) is 11.9 Å². The number of carbonyl (C=O) groups is 2. The maximum absolute atomic E-state index is 13.8. The number of fused-ring (bicyclic) bond motifs is 1. The van der Waals surface area contributed by atoms with Crippen molar-refractivity contribution in [1.29, 1.82) is 0 Å². The molecule has 0 radical (unpaired) electrons. The summed E-state index contributed by atoms with van der Waals surface area (Å²) in [5.41, 5.74) is 0.246. The Hall–Kier alpha value is -3.90. The van der Waals surface area contributed by atoms with Crippen LogP contribution >= 0.6 is 0 Å². The number of carbonyl (C=O) groups excluding carboxylic acids is 2. The number of ketones is 1. The van der Waals surface area contributed by atoms with Crippen molar-refractivity contribution >= 4 is 36.7 Å². The number of benzene rings is 1. The molecular weight excluding hydrogens is 575 g/mol. The lowest BCUT2D eigenvalue weighted by Crippen LogP contribution is -2.45. The second kappa shape index (κ2) is 11.6. The molecule has 4 rings (SSSR count). The van der Waals surface area contributed by atoms with Crippen molar-refractivity contribution in [2.24, 2.45) is 0 Å². The minimum atomic E-state index is -4.51. The molecule has 0 atom stereocenters. The first-order valence-corrected chi connectivity index (χ1v) is 16.7. The van der Waals surface area contributed by atoms with Gasteiger partial charge < -0.3 is 14.3 Å². The van der Waals surface area contributed by atoms with Gasteiger partial charge in [0.1, 0.15) is 12.0 Å².